The number of hydrogen-bond donors (Lipinski definition) is 1. The van der Waals surface area contributed by atoms with E-state index in [4.69, 9.17) is 9.15 Å². The van der Waals surface area contributed by atoms with Crippen molar-refractivity contribution in [3.8, 4) is 11.3 Å². The number of pyridine rings is 2. The highest BCUT2D eigenvalue weighted by atomic mass is 28.3. The summed E-state index contributed by atoms with van der Waals surface area (Å²) in [6, 6.07) is 22.0. The Morgan fingerprint density at radius 1 is 0.947 bits per heavy atom. The van der Waals surface area contributed by atoms with Crippen LogP contribution in [0.25, 0.3) is 44.1 Å². The van der Waals surface area contributed by atoms with Crippen molar-refractivity contribution in [2.45, 2.75) is 39.0 Å². The Morgan fingerprint density at radius 2 is 1.84 bits per heavy atom. The van der Waals surface area contributed by atoms with Gasteiger partial charge in [0.15, 0.2) is 0 Å². The fourth-order valence-corrected chi connectivity index (χ4v) is 5.48. The first-order valence-electron chi connectivity index (χ1n) is 13.1. The maximum absolute atomic E-state index is 6.16. The summed E-state index contributed by atoms with van der Waals surface area (Å²) in [6.45, 7) is 9.11. The number of rotatable bonds is 9. The first kappa shape index (κ1) is 24.4. The summed E-state index contributed by atoms with van der Waals surface area (Å²) in [5.74, 6) is 0.832. The van der Waals surface area contributed by atoms with Gasteiger partial charge >= 0.3 is 0 Å². The van der Waals surface area contributed by atoms with Gasteiger partial charge in [0.05, 0.1) is 0 Å². The number of ether oxygens (including phenoxy) is 1. The molecular formula is C31H32N4O2Si. The Hall–Kier alpha value is -3.94. The molecule has 0 saturated heterocycles. The number of nitrogens with one attached hydrogen (secondary N) is 1. The maximum Gasteiger partial charge on any atom is 0.143 e. The van der Waals surface area contributed by atoms with Gasteiger partial charge in [0.25, 0.3) is 0 Å². The van der Waals surface area contributed by atoms with Gasteiger partial charge in [0, 0.05) is 73.4 Å². The smallest absolute Gasteiger partial charge is 0.143 e. The van der Waals surface area contributed by atoms with Crippen LogP contribution in [0.5, 0.6) is 0 Å². The molecule has 0 bridgehead atoms. The SMILES string of the molecule is C[Si](C)(C)CCOCn1ccc2c(NCc3ccc4cncc(-c5cc6ccccc6o5)c4c3)ccnc21. The average molecular weight is 521 g/mol. The molecule has 1 N–H and O–H groups in total. The number of nitrogens with zero attached hydrogens (tertiary/aromatic N) is 3. The molecule has 6 nitrogen and oxygen atoms in total. The van der Waals surface area contributed by atoms with Crippen molar-refractivity contribution in [1.29, 1.82) is 0 Å². The number of hydrogen-bond acceptors (Lipinski definition) is 5. The van der Waals surface area contributed by atoms with Crippen LogP contribution in [0.4, 0.5) is 5.69 Å². The Bertz CT molecular complexity index is 1700. The van der Waals surface area contributed by atoms with Crippen LogP contribution in [-0.2, 0) is 18.0 Å². The molecule has 6 aromatic rings. The van der Waals surface area contributed by atoms with E-state index >= 15 is 0 Å². The van der Waals surface area contributed by atoms with E-state index in [9.17, 15) is 0 Å². The van der Waals surface area contributed by atoms with Crippen LogP contribution in [0.1, 0.15) is 5.56 Å². The molecule has 6 rings (SSSR count). The van der Waals surface area contributed by atoms with E-state index in [1.807, 2.05) is 42.9 Å². The second kappa shape index (κ2) is 10.1. The summed E-state index contributed by atoms with van der Waals surface area (Å²) < 4.78 is 14.2. The third-order valence-corrected chi connectivity index (χ3v) is 8.59. The standard InChI is InChI=1S/C31H32N4O2Si/c1-38(2,3)15-14-36-21-35-13-11-25-28(10-12-33-31(25)35)34-18-22-8-9-24-19-32-20-27(26(24)16-22)30-17-23-6-4-5-7-29(23)37-30/h4-13,16-17,19-20H,14-15,18,21H2,1-3H3,(H,33,34). The fourth-order valence-electron chi connectivity index (χ4n) is 4.72. The summed E-state index contributed by atoms with van der Waals surface area (Å²) in [7, 11) is -1.10. The lowest BCUT2D eigenvalue weighted by molar-refractivity contribution is 0.0899. The maximum atomic E-state index is 6.16. The van der Waals surface area contributed by atoms with E-state index in [0.717, 1.165) is 62.4 Å². The van der Waals surface area contributed by atoms with Crippen LogP contribution in [0.3, 0.4) is 0 Å². The zero-order chi connectivity index (χ0) is 26.1. The number of furan rings is 1. The summed E-state index contributed by atoms with van der Waals surface area (Å²) in [5.41, 5.74) is 5.05. The minimum atomic E-state index is -1.10. The van der Waals surface area contributed by atoms with Gasteiger partial charge < -0.3 is 19.0 Å². The molecule has 192 valence electrons. The van der Waals surface area contributed by atoms with Crippen molar-refractivity contribution in [1.82, 2.24) is 14.5 Å². The molecule has 0 unspecified atom stereocenters. The highest BCUT2D eigenvalue weighted by Crippen LogP contribution is 2.33. The monoisotopic (exact) mass is 520 g/mol. The molecule has 0 aliphatic carbocycles. The summed E-state index contributed by atoms with van der Waals surface area (Å²) in [6.07, 6.45) is 7.70. The molecule has 0 spiro atoms. The van der Waals surface area contributed by atoms with Crippen LogP contribution < -0.4 is 5.32 Å². The molecule has 7 heteroatoms. The summed E-state index contributed by atoms with van der Waals surface area (Å²) >= 11 is 0. The van der Waals surface area contributed by atoms with Crippen molar-refractivity contribution >= 4 is 46.5 Å². The Labute approximate surface area is 223 Å². The zero-order valence-electron chi connectivity index (χ0n) is 22.1. The average Bonchev–Trinajstić information content (AvgIpc) is 3.53. The first-order chi connectivity index (χ1) is 18.4. The number of para-hydroxylation sites is 1. The van der Waals surface area contributed by atoms with Crippen molar-refractivity contribution in [3.63, 3.8) is 0 Å². The lowest BCUT2D eigenvalue weighted by Crippen LogP contribution is -2.22. The molecular weight excluding hydrogens is 488 g/mol. The molecule has 0 radical (unpaired) electrons. The van der Waals surface area contributed by atoms with E-state index in [-0.39, 0.29) is 0 Å². The van der Waals surface area contributed by atoms with Crippen LogP contribution in [-0.4, -0.2) is 29.2 Å². The van der Waals surface area contributed by atoms with Gasteiger partial charge in [-0.1, -0.05) is 50.0 Å². The lowest BCUT2D eigenvalue weighted by Gasteiger charge is -2.15. The molecule has 0 amide bonds. The predicted molar refractivity (Wildman–Crippen MR) is 158 cm³/mol. The topological polar surface area (TPSA) is 65.1 Å². The highest BCUT2D eigenvalue weighted by Gasteiger charge is 2.14. The van der Waals surface area contributed by atoms with E-state index in [1.54, 1.807) is 0 Å². The number of benzene rings is 2. The van der Waals surface area contributed by atoms with Gasteiger partial charge in [-0.3, -0.25) is 4.98 Å². The molecule has 4 aromatic heterocycles. The van der Waals surface area contributed by atoms with E-state index in [1.165, 1.54) is 5.56 Å². The lowest BCUT2D eigenvalue weighted by atomic mass is 10.0. The van der Waals surface area contributed by atoms with Gasteiger partial charge in [-0.2, -0.15) is 0 Å². The van der Waals surface area contributed by atoms with Crippen LogP contribution >= 0.6 is 0 Å². The van der Waals surface area contributed by atoms with Crippen LogP contribution in [0.15, 0.2) is 89.9 Å². The second-order valence-corrected chi connectivity index (χ2v) is 16.6. The van der Waals surface area contributed by atoms with Gasteiger partial charge in [-0.25, -0.2) is 4.98 Å². The van der Waals surface area contributed by atoms with Crippen molar-refractivity contribution in [2.24, 2.45) is 0 Å². The fraction of sp³-hybridized carbons (Fsp3) is 0.226. The molecule has 0 atom stereocenters. The first-order valence-corrected chi connectivity index (χ1v) is 16.8. The molecule has 0 aliphatic heterocycles. The summed E-state index contributed by atoms with van der Waals surface area (Å²) in [4.78, 5) is 9.09. The largest absolute Gasteiger partial charge is 0.456 e. The van der Waals surface area contributed by atoms with Gasteiger partial charge in [0.1, 0.15) is 23.7 Å². The molecule has 4 heterocycles. The zero-order valence-corrected chi connectivity index (χ0v) is 23.1. The Morgan fingerprint density at radius 3 is 2.71 bits per heavy atom. The third kappa shape index (κ3) is 5.07. The number of fused-ring (bicyclic) bond motifs is 3. The van der Waals surface area contributed by atoms with Crippen molar-refractivity contribution < 1.29 is 9.15 Å². The van der Waals surface area contributed by atoms with Crippen molar-refractivity contribution in [2.75, 3.05) is 11.9 Å². The minimum absolute atomic E-state index is 0.522. The molecule has 38 heavy (non-hydrogen) atoms. The molecule has 2 aromatic carbocycles. The van der Waals surface area contributed by atoms with Gasteiger partial charge in [0.2, 0.25) is 0 Å². The van der Waals surface area contributed by atoms with Crippen LogP contribution in [0.2, 0.25) is 25.7 Å². The van der Waals surface area contributed by atoms with Crippen LogP contribution in [0, 0.1) is 0 Å². The third-order valence-electron chi connectivity index (χ3n) is 6.89. The molecule has 0 saturated carbocycles. The Balaban J connectivity index is 1.22. The van der Waals surface area contributed by atoms with E-state index in [0.29, 0.717) is 13.3 Å². The van der Waals surface area contributed by atoms with Crippen molar-refractivity contribution in [3.05, 3.63) is 91.0 Å². The predicted octanol–water partition coefficient (Wildman–Crippen LogP) is 7.92. The molecule has 0 fully saturated rings. The van der Waals surface area contributed by atoms with Gasteiger partial charge in [-0.05, 0) is 47.3 Å². The number of anilines is 1. The quantitative estimate of drug-likeness (QED) is 0.155. The number of aromatic nitrogens is 3. The molecule has 0 aliphatic rings. The minimum Gasteiger partial charge on any atom is -0.456 e. The van der Waals surface area contributed by atoms with Gasteiger partial charge in [-0.15, -0.1) is 0 Å². The van der Waals surface area contributed by atoms with E-state index in [2.05, 4.69) is 82.1 Å². The Kier molecular flexibility index (Phi) is 6.47. The van der Waals surface area contributed by atoms with E-state index < -0.39 is 8.07 Å². The highest BCUT2D eigenvalue weighted by molar-refractivity contribution is 6.76. The normalized spacial score (nSPS) is 12.1. The summed E-state index contributed by atoms with van der Waals surface area (Å²) in [5, 5.41) is 8.02. The second-order valence-electron chi connectivity index (χ2n) is 11.0.